The highest BCUT2D eigenvalue weighted by Crippen LogP contribution is 2.15. The molecule has 0 bridgehead atoms. The maximum absolute atomic E-state index is 5.76. The SMILES string of the molecule is C[C@H](N)c1cnn(CC2CCOC2)c1. The van der Waals surface area contributed by atoms with Gasteiger partial charge in [0.15, 0.2) is 0 Å². The molecule has 0 spiro atoms. The highest BCUT2D eigenvalue weighted by molar-refractivity contribution is 5.08. The third-order valence-corrected chi connectivity index (χ3v) is 2.65. The molecular weight excluding hydrogens is 178 g/mol. The molecule has 4 nitrogen and oxygen atoms in total. The molecule has 2 heterocycles. The normalized spacial score (nSPS) is 24.0. The van der Waals surface area contributed by atoms with Crippen LogP contribution in [0.2, 0.25) is 0 Å². The number of aromatic nitrogens is 2. The molecule has 2 atom stereocenters. The number of nitrogens with two attached hydrogens (primary N) is 1. The standard InChI is InChI=1S/C10H17N3O/c1-8(11)10-4-12-13(6-10)5-9-2-3-14-7-9/h4,6,8-9H,2-3,5,7,11H2,1H3/t8-,9?/m0/s1. The average molecular weight is 195 g/mol. The minimum atomic E-state index is 0.0728. The van der Waals surface area contributed by atoms with E-state index in [-0.39, 0.29) is 6.04 Å². The van der Waals surface area contributed by atoms with Crippen LogP contribution in [0.5, 0.6) is 0 Å². The smallest absolute Gasteiger partial charge is 0.0537 e. The van der Waals surface area contributed by atoms with Crippen molar-refractivity contribution in [1.29, 1.82) is 0 Å². The van der Waals surface area contributed by atoms with E-state index in [1.165, 1.54) is 0 Å². The number of hydrogen-bond acceptors (Lipinski definition) is 3. The molecule has 1 aromatic heterocycles. The van der Waals surface area contributed by atoms with Crippen LogP contribution in [0.3, 0.4) is 0 Å². The predicted molar refractivity (Wildman–Crippen MR) is 53.8 cm³/mol. The lowest BCUT2D eigenvalue weighted by Crippen LogP contribution is -2.11. The first-order valence-corrected chi connectivity index (χ1v) is 5.11. The molecule has 0 aliphatic carbocycles. The molecule has 14 heavy (non-hydrogen) atoms. The topological polar surface area (TPSA) is 53.1 Å². The molecular formula is C10H17N3O. The Morgan fingerprint density at radius 2 is 2.64 bits per heavy atom. The molecule has 1 aromatic rings. The van der Waals surface area contributed by atoms with Crippen LogP contribution in [0.1, 0.15) is 24.9 Å². The average Bonchev–Trinajstić information content (AvgIpc) is 2.75. The van der Waals surface area contributed by atoms with Crippen LogP contribution in [0, 0.1) is 5.92 Å². The Hall–Kier alpha value is -0.870. The van der Waals surface area contributed by atoms with E-state index >= 15 is 0 Å². The first kappa shape index (κ1) is 9.68. The second kappa shape index (κ2) is 4.11. The van der Waals surface area contributed by atoms with E-state index in [9.17, 15) is 0 Å². The summed E-state index contributed by atoms with van der Waals surface area (Å²) in [6.07, 6.45) is 5.02. The zero-order valence-corrected chi connectivity index (χ0v) is 8.52. The highest BCUT2D eigenvalue weighted by Gasteiger charge is 2.16. The van der Waals surface area contributed by atoms with Crippen molar-refractivity contribution in [2.24, 2.45) is 11.7 Å². The van der Waals surface area contributed by atoms with Crippen molar-refractivity contribution >= 4 is 0 Å². The van der Waals surface area contributed by atoms with Crippen molar-refractivity contribution in [3.8, 4) is 0 Å². The monoisotopic (exact) mass is 195 g/mol. The summed E-state index contributed by atoms with van der Waals surface area (Å²) in [5.41, 5.74) is 6.86. The maximum Gasteiger partial charge on any atom is 0.0537 e. The Morgan fingerprint density at radius 3 is 3.21 bits per heavy atom. The minimum Gasteiger partial charge on any atom is -0.381 e. The number of ether oxygens (including phenoxy) is 1. The highest BCUT2D eigenvalue weighted by atomic mass is 16.5. The molecule has 0 saturated carbocycles. The third kappa shape index (κ3) is 2.13. The zero-order valence-electron chi connectivity index (χ0n) is 8.52. The van der Waals surface area contributed by atoms with E-state index in [1.807, 2.05) is 24.0 Å². The Bertz CT molecular complexity index is 289. The molecule has 2 rings (SSSR count). The molecule has 1 aliphatic heterocycles. The summed E-state index contributed by atoms with van der Waals surface area (Å²) in [5.74, 6) is 0.621. The van der Waals surface area contributed by atoms with Gasteiger partial charge in [-0.2, -0.15) is 5.10 Å². The fourth-order valence-corrected chi connectivity index (χ4v) is 1.71. The van der Waals surface area contributed by atoms with Gasteiger partial charge in [0.05, 0.1) is 12.8 Å². The lowest BCUT2D eigenvalue weighted by molar-refractivity contribution is 0.181. The lowest BCUT2D eigenvalue weighted by atomic mass is 10.1. The Kier molecular flexibility index (Phi) is 2.84. The summed E-state index contributed by atoms with van der Waals surface area (Å²) in [6.45, 7) is 4.69. The van der Waals surface area contributed by atoms with E-state index in [4.69, 9.17) is 10.5 Å². The van der Waals surface area contributed by atoms with Crippen molar-refractivity contribution in [1.82, 2.24) is 9.78 Å². The number of rotatable bonds is 3. The van der Waals surface area contributed by atoms with Gasteiger partial charge < -0.3 is 10.5 Å². The van der Waals surface area contributed by atoms with Crippen LogP contribution < -0.4 is 5.73 Å². The molecule has 0 aromatic carbocycles. The molecule has 1 aliphatic rings. The second-order valence-electron chi connectivity index (χ2n) is 4.01. The second-order valence-corrected chi connectivity index (χ2v) is 4.01. The van der Waals surface area contributed by atoms with Gasteiger partial charge in [-0.1, -0.05) is 0 Å². The minimum absolute atomic E-state index is 0.0728. The van der Waals surface area contributed by atoms with E-state index in [0.717, 1.165) is 31.7 Å². The van der Waals surface area contributed by atoms with Gasteiger partial charge in [0.1, 0.15) is 0 Å². The fourth-order valence-electron chi connectivity index (χ4n) is 1.71. The van der Waals surface area contributed by atoms with E-state index < -0.39 is 0 Å². The van der Waals surface area contributed by atoms with Crippen LogP contribution in [0.15, 0.2) is 12.4 Å². The van der Waals surface area contributed by atoms with Crippen molar-refractivity contribution in [2.45, 2.75) is 25.9 Å². The molecule has 1 fully saturated rings. The van der Waals surface area contributed by atoms with Crippen LogP contribution in [-0.4, -0.2) is 23.0 Å². The van der Waals surface area contributed by atoms with Crippen LogP contribution in [0.4, 0.5) is 0 Å². The van der Waals surface area contributed by atoms with Gasteiger partial charge in [-0.25, -0.2) is 0 Å². The van der Waals surface area contributed by atoms with Crippen LogP contribution >= 0.6 is 0 Å². The zero-order chi connectivity index (χ0) is 9.97. The summed E-state index contributed by atoms with van der Waals surface area (Å²) in [4.78, 5) is 0. The fraction of sp³-hybridized carbons (Fsp3) is 0.700. The first-order chi connectivity index (χ1) is 6.75. The van der Waals surface area contributed by atoms with Crippen molar-refractivity contribution in [3.05, 3.63) is 18.0 Å². The maximum atomic E-state index is 5.76. The van der Waals surface area contributed by atoms with Crippen molar-refractivity contribution < 1.29 is 4.74 Å². The van der Waals surface area contributed by atoms with Gasteiger partial charge >= 0.3 is 0 Å². The lowest BCUT2D eigenvalue weighted by Gasteiger charge is -2.06. The summed E-state index contributed by atoms with van der Waals surface area (Å²) < 4.78 is 7.29. The Labute approximate surface area is 84.0 Å². The Balaban J connectivity index is 1.95. The molecule has 0 radical (unpaired) electrons. The van der Waals surface area contributed by atoms with Crippen LogP contribution in [-0.2, 0) is 11.3 Å². The van der Waals surface area contributed by atoms with E-state index in [2.05, 4.69) is 5.10 Å². The molecule has 1 unspecified atom stereocenters. The summed E-state index contributed by atoms with van der Waals surface area (Å²) >= 11 is 0. The predicted octanol–water partition coefficient (Wildman–Crippen LogP) is 0.939. The van der Waals surface area contributed by atoms with Crippen molar-refractivity contribution in [3.63, 3.8) is 0 Å². The first-order valence-electron chi connectivity index (χ1n) is 5.11. The van der Waals surface area contributed by atoms with Gasteiger partial charge in [0.25, 0.3) is 0 Å². The van der Waals surface area contributed by atoms with E-state index in [0.29, 0.717) is 5.92 Å². The summed E-state index contributed by atoms with van der Waals surface area (Å²) in [5, 5.41) is 4.28. The summed E-state index contributed by atoms with van der Waals surface area (Å²) in [7, 11) is 0. The van der Waals surface area contributed by atoms with Gasteiger partial charge in [0.2, 0.25) is 0 Å². The molecule has 1 saturated heterocycles. The number of nitrogens with zero attached hydrogens (tertiary/aromatic N) is 2. The Morgan fingerprint density at radius 1 is 1.79 bits per heavy atom. The molecule has 78 valence electrons. The molecule has 2 N–H and O–H groups in total. The largest absolute Gasteiger partial charge is 0.381 e. The van der Waals surface area contributed by atoms with Gasteiger partial charge in [-0.05, 0) is 13.3 Å². The number of hydrogen-bond donors (Lipinski definition) is 1. The molecule has 4 heteroatoms. The third-order valence-electron chi connectivity index (χ3n) is 2.65. The molecule has 0 amide bonds. The van der Waals surface area contributed by atoms with Crippen molar-refractivity contribution in [2.75, 3.05) is 13.2 Å². The van der Waals surface area contributed by atoms with Crippen LogP contribution in [0.25, 0.3) is 0 Å². The van der Waals surface area contributed by atoms with E-state index in [1.54, 1.807) is 0 Å². The van der Waals surface area contributed by atoms with Gasteiger partial charge in [-0.3, -0.25) is 4.68 Å². The quantitative estimate of drug-likeness (QED) is 0.781. The van der Waals surface area contributed by atoms with Gasteiger partial charge in [0, 0.05) is 36.9 Å². The summed E-state index contributed by atoms with van der Waals surface area (Å²) in [6, 6.07) is 0.0728. The van der Waals surface area contributed by atoms with Gasteiger partial charge in [-0.15, -0.1) is 0 Å².